The number of unbranched alkanes of at least 4 members (excludes halogenated alkanes) is 1. The standard InChI is InChI=1S/C25H30N6OS/c1-5-6-16-33-25-28-24-26-17(2)21(23(32)27-19-10-8-7-9-11-19)22(31(24)29-25)18-12-14-20(15-13-18)30(3)4/h7-15,22H,5-6,16H2,1-4H3,(H,27,32)(H,26,28,29). The zero-order chi connectivity index (χ0) is 23.4. The third-order valence-corrected chi connectivity index (χ3v) is 6.49. The van der Waals surface area contributed by atoms with Gasteiger partial charge < -0.3 is 15.5 Å². The van der Waals surface area contributed by atoms with Crippen LogP contribution in [0.3, 0.4) is 0 Å². The second-order valence-electron chi connectivity index (χ2n) is 8.24. The number of allylic oxidation sites excluding steroid dienone is 1. The molecule has 1 aliphatic heterocycles. The fourth-order valence-corrected chi connectivity index (χ4v) is 4.69. The second kappa shape index (κ2) is 10.1. The molecule has 1 aliphatic rings. The Morgan fingerprint density at radius 1 is 1.15 bits per heavy atom. The molecule has 4 rings (SSSR count). The molecule has 172 valence electrons. The number of carbonyl (C=O) groups excluding carboxylic acids is 1. The molecule has 33 heavy (non-hydrogen) atoms. The minimum Gasteiger partial charge on any atom is -0.378 e. The molecule has 7 nitrogen and oxygen atoms in total. The lowest BCUT2D eigenvalue weighted by Gasteiger charge is -2.29. The van der Waals surface area contributed by atoms with Crippen molar-refractivity contribution in [3.05, 3.63) is 71.4 Å². The second-order valence-corrected chi connectivity index (χ2v) is 9.30. The zero-order valence-corrected chi connectivity index (χ0v) is 20.3. The van der Waals surface area contributed by atoms with Crippen LogP contribution in [0.5, 0.6) is 0 Å². The summed E-state index contributed by atoms with van der Waals surface area (Å²) in [4.78, 5) is 20.2. The molecule has 0 bridgehead atoms. The Morgan fingerprint density at radius 3 is 2.55 bits per heavy atom. The van der Waals surface area contributed by atoms with Crippen LogP contribution < -0.4 is 15.5 Å². The van der Waals surface area contributed by atoms with Gasteiger partial charge in [0.1, 0.15) is 6.04 Å². The van der Waals surface area contributed by atoms with Crippen LogP contribution in [0.1, 0.15) is 38.3 Å². The van der Waals surface area contributed by atoms with E-state index in [1.165, 1.54) is 0 Å². The molecule has 0 saturated carbocycles. The van der Waals surface area contributed by atoms with Crippen molar-refractivity contribution < 1.29 is 4.79 Å². The molecule has 2 aromatic carbocycles. The summed E-state index contributed by atoms with van der Waals surface area (Å²) < 4.78 is 1.84. The lowest BCUT2D eigenvalue weighted by Crippen LogP contribution is -2.31. The molecule has 1 amide bonds. The van der Waals surface area contributed by atoms with E-state index < -0.39 is 0 Å². The number of amides is 1. The predicted molar refractivity (Wildman–Crippen MR) is 136 cm³/mol. The van der Waals surface area contributed by atoms with Crippen molar-refractivity contribution >= 4 is 35.0 Å². The summed E-state index contributed by atoms with van der Waals surface area (Å²) in [5.41, 5.74) is 4.23. The molecule has 1 atom stereocenters. The summed E-state index contributed by atoms with van der Waals surface area (Å²) in [7, 11) is 4.02. The van der Waals surface area contributed by atoms with Crippen molar-refractivity contribution in [2.24, 2.45) is 0 Å². The number of thioether (sulfide) groups is 1. The molecule has 0 spiro atoms. The van der Waals surface area contributed by atoms with Gasteiger partial charge in [0.25, 0.3) is 5.91 Å². The number of benzene rings is 2. The van der Waals surface area contributed by atoms with Gasteiger partial charge in [-0.2, -0.15) is 4.98 Å². The number of hydrogen-bond acceptors (Lipinski definition) is 6. The number of nitrogens with one attached hydrogen (secondary N) is 2. The SMILES string of the molecule is CCCCSc1nc2n(n1)C(c1ccc(N(C)C)cc1)C(C(=O)Nc1ccccc1)=C(C)N2. The van der Waals surface area contributed by atoms with E-state index in [4.69, 9.17) is 10.1 Å². The van der Waals surface area contributed by atoms with Gasteiger partial charge in [-0.15, -0.1) is 5.10 Å². The van der Waals surface area contributed by atoms with Crippen LogP contribution in [-0.4, -0.2) is 40.5 Å². The van der Waals surface area contributed by atoms with Gasteiger partial charge in [0.05, 0.1) is 5.57 Å². The molecule has 1 unspecified atom stereocenters. The summed E-state index contributed by atoms with van der Waals surface area (Å²) in [6.07, 6.45) is 2.24. The Morgan fingerprint density at radius 2 is 1.88 bits per heavy atom. The summed E-state index contributed by atoms with van der Waals surface area (Å²) in [6, 6.07) is 17.4. The quantitative estimate of drug-likeness (QED) is 0.356. The van der Waals surface area contributed by atoms with Crippen LogP contribution in [0.4, 0.5) is 17.3 Å². The van der Waals surface area contributed by atoms with Crippen LogP contribution in [0, 0.1) is 0 Å². The highest BCUT2D eigenvalue weighted by Gasteiger charge is 2.34. The maximum atomic E-state index is 13.5. The van der Waals surface area contributed by atoms with E-state index >= 15 is 0 Å². The number of hydrogen-bond donors (Lipinski definition) is 2. The third-order valence-electron chi connectivity index (χ3n) is 5.56. The maximum absolute atomic E-state index is 13.5. The lowest BCUT2D eigenvalue weighted by atomic mass is 9.94. The van der Waals surface area contributed by atoms with Crippen LogP contribution in [0.2, 0.25) is 0 Å². The molecular formula is C25H30N6OS. The van der Waals surface area contributed by atoms with Crippen molar-refractivity contribution in [1.82, 2.24) is 14.8 Å². The molecule has 1 aromatic heterocycles. The van der Waals surface area contributed by atoms with Crippen LogP contribution in [0.15, 0.2) is 71.0 Å². The average molecular weight is 463 g/mol. The number of nitrogens with zero attached hydrogens (tertiary/aromatic N) is 4. The monoisotopic (exact) mass is 462 g/mol. The first kappa shape index (κ1) is 22.9. The van der Waals surface area contributed by atoms with E-state index in [9.17, 15) is 4.79 Å². The Bertz CT molecular complexity index is 1140. The van der Waals surface area contributed by atoms with Gasteiger partial charge in [-0.1, -0.05) is 55.4 Å². The van der Waals surface area contributed by atoms with Crippen LogP contribution in [0.25, 0.3) is 0 Å². The van der Waals surface area contributed by atoms with Gasteiger partial charge >= 0.3 is 0 Å². The highest BCUT2D eigenvalue weighted by molar-refractivity contribution is 7.99. The first-order chi connectivity index (χ1) is 16.0. The minimum atomic E-state index is -0.380. The molecule has 0 saturated heterocycles. The normalized spacial score (nSPS) is 15.1. The van der Waals surface area contributed by atoms with Gasteiger partial charge in [0.15, 0.2) is 0 Å². The summed E-state index contributed by atoms with van der Waals surface area (Å²) >= 11 is 1.65. The van der Waals surface area contributed by atoms with Gasteiger partial charge in [-0.3, -0.25) is 4.79 Å². The number of carbonyl (C=O) groups is 1. The number of aromatic nitrogens is 3. The molecular weight excluding hydrogens is 432 g/mol. The van der Waals surface area contributed by atoms with Crippen molar-refractivity contribution in [2.75, 3.05) is 35.4 Å². The highest BCUT2D eigenvalue weighted by atomic mass is 32.2. The number of fused-ring (bicyclic) bond motifs is 1. The van der Waals surface area contributed by atoms with Gasteiger partial charge in [0.2, 0.25) is 11.1 Å². The van der Waals surface area contributed by atoms with Crippen molar-refractivity contribution in [3.8, 4) is 0 Å². The minimum absolute atomic E-state index is 0.158. The Balaban J connectivity index is 1.73. The Hall–Kier alpha value is -3.26. The molecule has 3 aromatic rings. The number of para-hydroxylation sites is 1. The molecule has 2 heterocycles. The first-order valence-corrected chi connectivity index (χ1v) is 12.2. The highest BCUT2D eigenvalue weighted by Crippen LogP contribution is 2.37. The molecule has 0 radical (unpaired) electrons. The average Bonchev–Trinajstić information content (AvgIpc) is 3.21. The first-order valence-electron chi connectivity index (χ1n) is 11.2. The third kappa shape index (κ3) is 5.06. The zero-order valence-electron chi connectivity index (χ0n) is 19.5. The van der Waals surface area contributed by atoms with Crippen LogP contribution in [-0.2, 0) is 4.79 Å². The number of rotatable bonds is 8. The van der Waals surface area contributed by atoms with E-state index in [0.717, 1.165) is 46.4 Å². The fourth-order valence-electron chi connectivity index (χ4n) is 3.78. The largest absolute Gasteiger partial charge is 0.378 e. The summed E-state index contributed by atoms with van der Waals surface area (Å²) in [6.45, 7) is 4.09. The summed E-state index contributed by atoms with van der Waals surface area (Å²) in [5, 5.41) is 11.9. The topological polar surface area (TPSA) is 75.1 Å². The van der Waals surface area contributed by atoms with Gasteiger partial charge in [-0.05, 0) is 43.2 Å². The number of anilines is 3. The lowest BCUT2D eigenvalue weighted by molar-refractivity contribution is -0.113. The smallest absolute Gasteiger partial charge is 0.255 e. The molecule has 0 aliphatic carbocycles. The van der Waals surface area contributed by atoms with E-state index in [-0.39, 0.29) is 11.9 Å². The Kier molecular flexibility index (Phi) is 7.03. The summed E-state index contributed by atoms with van der Waals surface area (Å²) in [5.74, 6) is 1.47. The van der Waals surface area contributed by atoms with E-state index in [1.807, 2.05) is 56.0 Å². The molecule has 0 fully saturated rings. The Labute approximate surface area is 199 Å². The van der Waals surface area contributed by atoms with Gasteiger partial charge in [-0.25, -0.2) is 4.68 Å². The van der Waals surface area contributed by atoms with Crippen molar-refractivity contribution in [1.29, 1.82) is 0 Å². The van der Waals surface area contributed by atoms with Crippen molar-refractivity contribution in [3.63, 3.8) is 0 Å². The van der Waals surface area contributed by atoms with E-state index in [0.29, 0.717) is 11.5 Å². The van der Waals surface area contributed by atoms with Crippen molar-refractivity contribution in [2.45, 2.75) is 37.9 Å². The van der Waals surface area contributed by atoms with E-state index in [2.05, 4.69) is 46.7 Å². The molecule has 8 heteroatoms. The molecule has 2 N–H and O–H groups in total. The van der Waals surface area contributed by atoms with Gasteiger partial charge in [0, 0.05) is 36.9 Å². The van der Waals surface area contributed by atoms with E-state index in [1.54, 1.807) is 11.8 Å². The fraction of sp³-hybridized carbons (Fsp3) is 0.320. The van der Waals surface area contributed by atoms with Crippen LogP contribution >= 0.6 is 11.8 Å². The predicted octanol–water partition coefficient (Wildman–Crippen LogP) is 5.16. The maximum Gasteiger partial charge on any atom is 0.255 e.